The van der Waals surface area contributed by atoms with Crippen molar-refractivity contribution in [3.63, 3.8) is 0 Å². The van der Waals surface area contributed by atoms with E-state index in [1.54, 1.807) is 27.8 Å². The highest BCUT2D eigenvalue weighted by molar-refractivity contribution is 5.93. The third-order valence-corrected chi connectivity index (χ3v) is 5.90. The molecule has 5 rings (SSSR count). The summed E-state index contributed by atoms with van der Waals surface area (Å²) < 4.78 is 3.32. The summed E-state index contributed by atoms with van der Waals surface area (Å²) in [6.07, 6.45) is 4.49. The fourth-order valence-corrected chi connectivity index (χ4v) is 4.25. The minimum absolute atomic E-state index is 0.00520. The van der Waals surface area contributed by atoms with Crippen molar-refractivity contribution >= 4 is 22.6 Å². The lowest BCUT2D eigenvalue weighted by atomic mass is 10.0. The number of H-pyrrole nitrogens is 1. The lowest BCUT2D eigenvalue weighted by molar-refractivity contribution is -0.384. The lowest BCUT2D eigenvalue weighted by Crippen LogP contribution is -2.40. The highest BCUT2D eigenvalue weighted by atomic mass is 16.6. The van der Waals surface area contributed by atoms with Gasteiger partial charge < -0.3 is 9.88 Å². The van der Waals surface area contributed by atoms with Gasteiger partial charge in [-0.2, -0.15) is 5.10 Å². The standard InChI is InChI=1S/C22H20N6O4/c29-21(15-13-23-26(14-15)16-5-7-18(8-6-16)28(31)32)25-11-9-17(10-12-25)27-20-4-2-1-3-19(20)24-22(27)30/h1-8,13-14,17H,9-12H2,(H,24,30). The van der Waals surface area contributed by atoms with Gasteiger partial charge in [0, 0.05) is 37.5 Å². The molecule has 2 aromatic carbocycles. The van der Waals surface area contributed by atoms with Crippen LogP contribution in [0.15, 0.2) is 65.7 Å². The Bertz CT molecular complexity index is 1360. The van der Waals surface area contributed by atoms with Crippen molar-refractivity contribution in [3.05, 3.63) is 87.1 Å². The van der Waals surface area contributed by atoms with E-state index in [1.807, 2.05) is 24.3 Å². The van der Waals surface area contributed by atoms with Gasteiger partial charge >= 0.3 is 5.69 Å². The number of aromatic amines is 1. The third-order valence-electron chi connectivity index (χ3n) is 5.90. The summed E-state index contributed by atoms with van der Waals surface area (Å²) >= 11 is 0. The fraction of sp³-hybridized carbons (Fsp3) is 0.227. The smallest absolute Gasteiger partial charge is 0.326 e. The molecule has 1 fully saturated rings. The molecule has 0 bridgehead atoms. The van der Waals surface area contributed by atoms with Crippen LogP contribution in [0.25, 0.3) is 16.7 Å². The molecule has 0 aliphatic carbocycles. The largest absolute Gasteiger partial charge is 0.338 e. The summed E-state index contributed by atoms with van der Waals surface area (Å²) in [4.78, 5) is 40.4. The van der Waals surface area contributed by atoms with E-state index < -0.39 is 4.92 Å². The predicted octanol–water partition coefficient (Wildman–Crippen LogP) is 2.90. The highest BCUT2D eigenvalue weighted by Gasteiger charge is 2.27. The Morgan fingerprint density at radius 3 is 2.53 bits per heavy atom. The second-order valence-corrected chi connectivity index (χ2v) is 7.79. The van der Waals surface area contributed by atoms with Gasteiger partial charge in [0.1, 0.15) is 0 Å². The first-order valence-corrected chi connectivity index (χ1v) is 10.3. The van der Waals surface area contributed by atoms with E-state index >= 15 is 0 Å². The molecule has 0 radical (unpaired) electrons. The van der Waals surface area contributed by atoms with Gasteiger partial charge in [-0.05, 0) is 37.1 Å². The van der Waals surface area contributed by atoms with Crippen molar-refractivity contribution in [2.45, 2.75) is 18.9 Å². The minimum atomic E-state index is -0.462. The molecule has 1 N–H and O–H groups in total. The molecule has 0 spiro atoms. The summed E-state index contributed by atoms with van der Waals surface area (Å²) in [6.45, 7) is 1.08. The van der Waals surface area contributed by atoms with Crippen LogP contribution in [0.2, 0.25) is 0 Å². The van der Waals surface area contributed by atoms with E-state index in [0.29, 0.717) is 37.2 Å². The van der Waals surface area contributed by atoms with Gasteiger partial charge in [-0.3, -0.25) is 19.5 Å². The molecule has 0 saturated carbocycles. The average Bonchev–Trinajstić information content (AvgIpc) is 3.43. The van der Waals surface area contributed by atoms with Crippen LogP contribution in [0.3, 0.4) is 0 Å². The summed E-state index contributed by atoms with van der Waals surface area (Å²) in [6, 6.07) is 13.6. The molecule has 32 heavy (non-hydrogen) atoms. The number of hydrogen-bond acceptors (Lipinski definition) is 5. The number of carbonyl (C=O) groups is 1. The Labute approximate surface area is 181 Å². The molecular weight excluding hydrogens is 412 g/mol. The zero-order valence-electron chi connectivity index (χ0n) is 17.0. The van der Waals surface area contributed by atoms with Crippen LogP contribution in [-0.2, 0) is 0 Å². The fourth-order valence-electron chi connectivity index (χ4n) is 4.25. The number of nitrogens with zero attached hydrogens (tertiary/aromatic N) is 5. The first kappa shape index (κ1) is 19.7. The van der Waals surface area contributed by atoms with E-state index in [0.717, 1.165) is 11.0 Å². The highest BCUT2D eigenvalue weighted by Crippen LogP contribution is 2.26. The number of fused-ring (bicyclic) bond motifs is 1. The number of piperidine rings is 1. The maximum Gasteiger partial charge on any atom is 0.326 e. The van der Waals surface area contributed by atoms with Crippen LogP contribution >= 0.6 is 0 Å². The number of likely N-dealkylation sites (tertiary alicyclic amines) is 1. The topological polar surface area (TPSA) is 119 Å². The summed E-state index contributed by atoms with van der Waals surface area (Å²) in [5.41, 5.74) is 2.65. The van der Waals surface area contributed by atoms with Gasteiger partial charge in [0.2, 0.25) is 0 Å². The van der Waals surface area contributed by atoms with Crippen LogP contribution in [0.5, 0.6) is 0 Å². The molecular formula is C22H20N6O4. The van der Waals surface area contributed by atoms with Crippen LogP contribution < -0.4 is 5.69 Å². The SMILES string of the molecule is O=C(c1cnn(-c2ccc([N+](=O)[O-])cc2)c1)N1CCC(n2c(=O)[nH]c3ccccc32)CC1. The minimum Gasteiger partial charge on any atom is -0.338 e. The number of hydrogen-bond donors (Lipinski definition) is 1. The van der Waals surface area contributed by atoms with Crippen molar-refractivity contribution in [2.75, 3.05) is 13.1 Å². The number of rotatable bonds is 4. The number of aromatic nitrogens is 4. The molecule has 10 heteroatoms. The van der Waals surface area contributed by atoms with Gasteiger partial charge in [-0.25, -0.2) is 9.48 Å². The normalized spacial score (nSPS) is 14.7. The van der Waals surface area contributed by atoms with Crippen molar-refractivity contribution < 1.29 is 9.72 Å². The Kier molecular flexibility index (Phi) is 4.81. The summed E-state index contributed by atoms with van der Waals surface area (Å²) in [5, 5.41) is 15.0. The van der Waals surface area contributed by atoms with Crippen molar-refractivity contribution in [2.24, 2.45) is 0 Å². The van der Waals surface area contributed by atoms with Crippen molar-refractivity contribution in [1.29, 1.82) is 0 Å². The Morgan fingerprint density at radius 2 is 1.81 bits per heavy atom. The maximum absolute atomic E-state index is 13.0. The molecule has 162 valence electrons. The number of non-ortho nitro benzene ring substituents is 1. The first-order chi connectivity index (χ1) is 15.5. The molecule has 1 amide bonds. The van der Waals surface area contributed by atoms with Gasteiger partial charge in [0.05, 0.1) is 33.4 Å². The second kappa shape index (κ2) is 7.80. The first-order valence-electron chi connectivity index (χ1n) is 10.3. The monoisotopic (exact) mass is 432 g/mol. The Balaban J connectivity index is 1.28. The number of nitrogens with one attached hydrogen (secondary N) is 1. The van der Waals surface area contributed by atoms with Crippen LogP contribution in [0.4, 0.5) is 5.69 Å². The molecule has 1 aliphatic rings. The van der Waals surface area contributed by atoms with Gasteiger partial charge in [0.15, 0.2) is 0 Å². The number of amides is 1. The predicted molar refractivity (Wildman–Crippen MR) is 117 cm³/mol. The molecule has 0 atom stereocenters. The zero-order chi connectivity index (χ0) is 22.2. The average molecular weight is 432 g/mol. The van der Waals surface area contributed by atoms with Crippen molar-refractivity contribution in [1.82, 2.24) is 24.2 Å². The van der Waals surface area contributed by atoms with Gasteiger partial charge in [-0.15, -0.1) is 0 Å². The molecule has 2 aromatic heterocycles. The van der Waals surface area contributed by atoms with E-state index in [2.05, 4.69) is 10.1 Å². The zero-order valence-corrected chi connectivity index (χ0v) is 17.0. The lowest BCUT2D eigenvalue weighted by Gasteiger charge is -2.32. The quantitative estimate of drug-likeness (QED) is 0.393. The van der Waals surface area contributed by atoms with E-state index in [4.69, 9.17) is 0 Å². The maximum atomic E-state index is 13.0. The third kappa shape index (κ3) is 3.45. The molecule has 1 aliphatic heterocycles. The summed E-state index contributed by atoms with van der Waals surface area (Å²) in [5.74, 6) is -0.122. The molecule has 10 nitrogen and oxygen atoms in total. The number of nitro groups is 1. The summed E-state index contributed by atoms with van der Waals surface area (Å²) in [7, 11) is 0. The van der Waals surface area contributed by atoms with E-state index in [9.17, 15) is 19.7 Å². The molecule has 3 heterocycles. The molecule has 1 saturated heterocycles. The number of benzene rings is 2. The Hall–Kier alpha value is -4.21. The van der Waals surface area contributed by atoms with Gasteiger partial charge in [-0.1, -0.05) is 12.1 Å². The van der Waals surface area contributed by atoms with Crippen LogP contribution in [0.1, 0.15) is 29.2 Å². The van der Waals surface area contributed by atoms with Crippen molar-refractivity contribution in [3.8, 4) is 5.69 Å². The Morgan fingerprint density at radius 1 is 1.09 bits per heavy atom. The van der Waals surface area contributed by atoms with Crippen LogP contribution in [0, 0.1) is 10.1 Å². The van der Waals surface area contributed by atoms with E-state index in [1.165, 1.54) is 23.0 Å². The number of nitro benzene ring substituents is 1. The second-order valence-electron chi connectivity index (χ2n) is 7.79. The van der Waals surface area contributed by atoms with Crippen LogP contribution in [-0.4, -0.2) is 48.2 Å². The number of para-hydroxylation sites is 2. The van der Waals surface area contributed by atoms with E-state index in [-0.39, 0.29) is 23.3 Å². The molecule has 0 unspecified atom stereocenters. The number of carbonyl (C=O) groups excluding carboxylic acids is 1. The number of imidazole rings is 1. The molecule has 4 aromatic rings. The van der Waals surface area contributed by atoms with Gasteiger partial charge in [0.25, 0.3) is 11.6 Å².